The quantitative estimate of drug-likeness (QED) is 0.376. The molecule has 0 saturated heterocycles. The van der Waals surface area contributed by atoms with Gasteiger partial charge in [-0.1, -0.05) is 48.5 Å². The highest BCUT2D eigenvalue weighted by molar-refractivity contribution is 6.02. The molecular weight excluding hydrogens is 374 g/mol. The summed E-state index contributed by atoms with van der Waals surface area (Å²) in [5.74, 6) is 0.441. The van der Waals surface area contributed by atoms with E-state index in [1.165, 1.54) is 5.56 Å². The fourth-order valence-electron chi connectivity index (χ4n) is 3.55. The van der Waals surface area contributed by atoms with Gasteiger partial charge in [-0.05, 0) is 42.8 Å². The van der Waals surface area contributed by atoms with Gasteiger partial charge < -0.3 is 9.30 Å². The Hall–Kier alpha value is -3.86. The van der Waals surface area contributed by atoms with Crippen LogP contribution < -0.4 is 10.2 Å². The highest BCUT2D eigenvalue weighted by Gasteiger charge is 2.13. The number of amides is 1. The fourth-order valence-corrected chi connectivity index (χ4v) is 3.55. The minimum atomic E-state index is -0.264. The zero-order valence-corrected chi connectivity index (χ0v) is 17.0. The van der Waals surface area contributed by atoms with Crippen molar-refractivity contribution in [3.63, 3.8) is 0 Å². The zero-order chi connectivity index (χ0) is 20.9. The molecule has 0 bridgehead atoms. The third-order valence-corrected chi connectivity index (χ3v) is 5.18. The van der Waals surface area contributed by atoms with Crippen molar-refractivity contribution < 1.29 is 9.53 Å². The highest BCUT2D eigenvalue weighted by atomic mass is 16.5. The van der Waals surface area contributed by atoms with Gasteiger partial charge in [0.15, 0.2) is 0 Å². The van der Waals surface area contributed by atoms with Crippen LogP contribution in [-0.4, -0.2) is 23.8 Å². The number of nitrogens with one attached hydrogen (secondary N) is 1. The number of para-hydroxylation sites is 1. The molecule has 4 rings (SSSR count). The second-order valence-corrected chi connectivity index (χ2v) is 7.02. The monoisotopic (exact) mass is 397 g/mol. The van der Waals surface area contributed by atoms with Crippen LogP contribution in [0.15, 0.2) is 84.0 Å². The summed E-state index contributed by atoms with van der Waals surface area (Å²) in [6.07, 6.45) is 1.72. The number of ether oxygens (including phenoxy) is 1. The molecule has 0 radical (unpaired) electrons. The zero-order valence-electron chi connectivity index (χ0n) is 17.0. The van der Waals surface area contributed by atoms with Gasteiger partial charge >= 0.3 is 0 Å². The van der Waals surface area contributed by atoms with E-state index in [0.29, 0.717) is 11.3 Å². The maximum Gasteiger partial charge on any atom is 0.271 e. The average molecular weight is 397 g/mol. The minimum absolute atomic E-state index is 0.264. The molecule has 1 aromatic heterocycles. The molecule has 0 unspecified atom stereocenters. The predicted molar refractivity (Wildman–Crippen MR) is 120 cm³/mol. The summed E-state index contributed by atoms with van der Waals surface area (Å²) < 4.78 is 7.40. The van der Waals surface area contributed by atoms with Crippen molar-refractivity contribution in [1.29, 1.82) is 0 Å². The Labute approximate surface area is 175 Å². The van der Waals surface area contributed by atoms with E-state index in [0.717, 1.165) is 28.7 Å². The Morgan fingerprint density at radius 1 is 1.00 bits per heavy atom. The number of methoxy groups -OCH3 is 1. The van der Waals surface area contributed by atoms with Crippen LogP contribution in [0.25, 0.3) is 10.9 Å². The molecule has 5 heteroatoms. The molecule has 3 aromatic carbocycles. The third-order valence-electron chi connectivity index (χ3n) is 5.18. The van der Waals surface area contributed by atoms with E-state index in [4.69, 9.17) is 4.74 Å². The van der Waals surface area contributed by atoms with Crippen molar-refractivity contribution in [3.05, 3.63) is 101 Å². The number of hydrogen-bond acceptors (Lipinski definition) is 3. The summed E-state index contributed by atoms with van der Waals surface area (Å²) in [6, 6.07) is 25.5. The second kappa shape index (κ2) is 8.66. The maximum atomic E-state index is 12.4. The lowest BCUT2D eigenvalue weighted by Gasteiger charge is -2.08. The lowest BCUT2D eigenvalue weighted by atomic mass is 10.1. The lowest BCUT2D eigenvalue weighted by Crippen LogP contribution is -2.17. The van der Waals surface area contributed by atoms with Crippen LogP contribution in [0.2, 0.25) is 0 Å². The first kappa shape index (κ1) is 19.5. The van der Waals surface area contributed by atoms with Crippen molar-refractivity contribution in [1.82, 2.24) is 9.99 Å². The lowest BCUT2D eigenvalue weighted by molar-refractivity contribution is 0.0955. The first-order valence-corrected chi connectivity index (χ1v) is 9.76. The largest absolute Gasteiger partial charge is 0.497 e. The van der Waals surface area contributed by atoms with Crippen LogP contribution in [0.4, 0.5) is 0 Å². The molecule has 1 N–H and O–H groups in total. The Bertz CT molecular complexity index is 1190. The van der Waals surface area contributed by atoms with Crippen molar-refractivity contribution in [2.45, 2.75) is 13.5 Å². The molecule has 30 heavy (non-hydrogen) atoms. The Morgan fingerprint density at radius 3 is 2.43 bits per heavy atom. The molecule has 0 fully saturated rings. The van der Waals surface area contributed by atoms with Gasteiger partial charge in [0, 0.05) is 34.3 Å². The second-order valence-electron chi connectivity index (χ2n) is 7.02. The molecule has 5 nitrogen and oxygen atoms in total. The van der Waals surface area contributed by atoms with E-state index in [1.807, 2.05) is 30.3 Å². The number of hydrogen-bond donors (Lipinski definition) is 1. The molecule has 0 atom stereocenters. The van der Waals surface area contributed by atoms with E-state index in [2.05, 4.69) is 46.3 Å². The predicted octanol–water partition coefficient (Wildman–Crippen LogP) is 4.77. The van der Waals surface area contributed by atoms with E-state index >= 15 is 0 Å². The van der Waals surface area contributed by atoms with E-state index in [9.17, 15) is 4.79 Å². The molecule has 150 valence electrons. The summed E-state index contributed by atoms with van der Waals surface area (Å²) in [5.41, 5.74) is 7.61. The summed E-state index contributed by atoms with van der Waals surface area (Å²) in [7, 11) is 1.59. The number of nitrogens with zero attached hydrogens (tertiary/aromatic N) is 2. The molecule has 0 saturated carbocycles. The number of benzene rings is 3. The Morgan fingerprint density at radius 2 is 1.70 bits per heavy atom. The van der Waals surface area contributed by atoms with Crippen molar-refractivity contribution in [2.75, 3.05) is 7.11 Å². The number of fused-ring (bicyclic) bond motifs is 1. The smallest absolute Gasteiger partial charge is 0.271 e. The SMILES string of the molecule is COc1ccc(C(=O)N/N=C\c2c(C)n(Cc3ccccc3)c3ccccc23)cc1. The van der Waals surface area contributed by atoms with E-state index < -0.39 is 0 Å². The average Bonchev–Trinajstić information content (AvgIpc) is 3.06. The molecular formula is C25H23N3O2. The van der Waals surface area contributed by atoms with Crippen LogP contribution in [0.1, 0.15) is 27.2 Å². The van der Waals surface area contributed by atoms with E-state index in [1.54, 1.807) is 37.6 Å². The number of carbonyl (C=O) groups excluding carboxylic acids is 1. The van der Waals surface area contributed by atoms with Gasteiger partial charge in [0.05, 0.1) is 13.3 Å². The summed E-state index contributed by atoms with van der Waals surface area (Å²) in [6.45, 7) is 2.86. The van der Waals surface area contributed by atoms with Crippen molar-refractivity contribution >= 4 is 23.0 Å². The normalized spacial score (nSPS) is 11.1. The first-order valence-electron chi connectivity index (χ1n) is 9.76. The summed E-state index contributed by atoms with van der Waals surface area (Å²) in [5, 5.41) is 5.33. The van der Waals surface area contributed by atoms with Crippen LogP contribution in [0.3, 0.4) is 0 Å². The van der Waals surface area contributed by atoms with Crippen LogP contribution >= 0.6 is 0 Å². The first-order chi connectivity index (χ1) is 14.7. The molecule has 0 aliphatic carbocycles. The molecule has 0 aliphatic rings. The molecule has 1 heterocycles. The molecule has 1 amide bonds. The fraction of sp³-hybridized carbons (Fsp3) is 0.120. The Balaban J connectivity index is 1.59. The van der Waals surface area contributed by atoms with Gasteiger partial charge in [-0.25, -0.2) is 5.43 Å². The van der Waals surface area contributed by atoms with E-state index in [-0.39, 0.29) is 5.91 Å². The number of rotatable bonds is 6. The number of aromatic nitrogens is 1. The van der Waals surface area contributed by atoms with Gasteiger partial charge in [-0.3, -0.25) is 4.79 Å². The van der Waals surface area contributed by atoms with Crippen LogP contribution in [0, 0.1) is 6.92 Å². The minimum Gasteiger partial charge on any atom is -0.497 e. The molecule has 0 aliphatic heterocycles. The summed E-state index contributed by atoms with van der Waals surface area (Å²) in [4.78, 5) is 12.4. The maximum absolute atomic E-state index is 12.4. The topological polar surface area (TPSA) is 55.6 Å². The van der Waals surface area contributed by atoms with Crippen molar-refractivity contribution in [3.8, 4) is 5.75 Å². The van der Waals surface area contributed by atoms with Crippen LogP contribution in [-0.2, 0) is 6.54 Å². The standard InChI is InChI=1S/C25H23N3O2/c1-18-23(16-26-27-25(29)20-12-14-21(30-2)15-13-20)22-10-6-7-11-24(22)28(18)17-19-8-4-3-5-9-19/h3-16H,17H2,1-2H3,(H,27,29)/b26-16-. The molecule has 0 spiro atoms. The molecule has 4 aromatic rings. The number of hydrazone groups is 1. The van der Waals surface area contributed by atoms with Crippen LogP contribution in [0.5, 0.6) is 5.75 Å². The Kier molecular flexibility index (Phi) is 5.61. The van der Waals surface area contributed by atoms with Gasteiger partial charge in [0.2, 0.25) is 0 Å². The highest BCUT2D eigenvalue weighted by Crippen LogP contribution is 2.25. The summed E-state index contributed by atoms with van der Waals surface area (Å²) >= 11 is 0. The number of carbonyl (C=O) groups is 1. The van der Waals surface area contributed by atoms with Gasteiger partial charge in [0.1, 0.15) is 5.75 Å². The van der Waals surface area contributed by atoms with Gasteiger partial charge in [0.25, 0.3) is 5.91 Å². The van der Waals surface area contributed by atoms with Gasteiger partial charge in [-0.2, -0.15) is 5.10 Å². The van der Waals surface area contributed by atoms with Gasteiger partial charge in [-0.15, -0.1) is 0 Å². The van der Waals surface area contributed by atoms with Crippen molar-refractivity contribution in [2.24, 2.45) is 5.10 Å². The third kappa shape index (κ3) is 3.96.